The van der Waals surface area contributed by atoms with E-state index in [4.69, 9.17) is 4.74 Å². The summed E-state index contributed by atoms with van der Waals surface area (Å²) in [6.45, 7) is 1.86. The first-order valence-electron chi connectivity index (χ1n) is 14.3. The lowest BCUT2D eigenvalue weighted by molar-refractivity contribution is -0.138. The Balaban J connectivity index is 1.49. The number of allylic oxidation sites excluding steroid dienone is 1. The van der Waals surface area contributed by atoms with Crippen LogP contribution in [0.15, 0.2) is 30.5 Å². The molecule has 2 atom stereocenters. The topological polar surface area (TPSA) is 82.6 Å². The fraction of sp³-hybridized carbons (Fsp3) is 0.567. The van der Waals surface area contributed by atoms with E-state index < -0.39 is 11.7 Å². The highest BCUT2D eigenvalue weighted by Crippen LogP contribution is 2.34. The van der Waals surface area contributed by atoms with Crippen LogP contribution in [-0.2, 0) is 6.18 Å². The Hall–Kier alpha value is -3.18. The van der Waals surface area contributed by atoms with Crippen molar-refractivity contribution in [2.75, 3.05) is 46.7 Å². The average Bonchev–Trinajstić information content (AvgIpc) is 2.94. The number of ether oxygens (including phenoxy) is 1. The predicted octanol–water partition coefficient (Wildman–Crippen LogP) is 5.60. The Morgan fingerprint density at radius 3 is 2.59 bits per heavy atom. The van der Waals surface area contributed by atoms with Crippen molar-refractivity contribution in [3.63, 3.8) is 0 Å². The molecule has 0 bridgehead atoms. The van der Waals surface area contributed by atoms with Gasteiger partial charge in [0, 0.05) is 23.8 Å². The van der Waals surface area contributed by atoms with Gasteiger partial charge in [0.15, 0.2) is 0 Å². The van der Waals surface area contributed by atoms with Gasteiger partial charge in [0.2, 0.25) is 5.95 Å². The zero-order valence-corrected chi connectivity index (χ0v) is 24.3. The molecule has 2 heterocycles. The Labute approximate surface area is 240 Å². The normalized spacial score (nSPS) is 20.9. The molecule has 2 unspecified atom stereocenters. The van der Waals surface area contributed by atoms with E-state index in [-0.39, 0.29) is 23.6 Å². The quantitative estimate of drug-likeness (QED) is 0.404. The van der Waals surface area contributed by atoms with Crippen LogP contribution in [0.4, 0.5) is 24.8 Å². The minimum atomic E-state index is -4.59. The van der Waals surface area contributed by atoms with Gasteiger partial charge >= 0.3 is 6.18 Å². The number of carbonyl (C=O) groups excluding carboxylic acids is 1. The van der Waals surface area contributed by atoms with Crippen LogP contribution in [0.25, 0.3) is 6.08 Å². The number of hydrogen-bond donors (Lipinski definition) is 2. The van der Waals surface area contributed by atoms with Gasteiger partial charge in [-0.3, -0.25) is 4.79 Å². The van der Waals surface area contributed by atoms with Crippen molar-refractivity contribution in [1.29, 1.82) is 0 Å². The van der Waals surface area contributed by atoms with Gasteiger partial charge in [-0.2, -0.15) is 13.2 Å². The average molecular weight is 575 g/mol. The minimum absolute atomic E-state index is 0.00307. The molecular weight excluding hydrogens is 533 g/mol. The van der Waals surface area contributed by atoms with Crippen LogP contribution < -0.4 is 15.4 Å². The minimum Gasteiger partial charge on any atom is -0.495 e. The number of halogens is 3. The Morgan fingerprint density at radius 2 is 1.90 bits per heavy atom. The van der Waals surface area contributed by atoms with Crippen molar-refractivity contribution in [3.05, 3.63) is 47.3 Å². The number of carbonyl (C=O) groups is 1. The Morgan fingerprint density at radius 1 is 1.17 bits per heavy atom. The van der Waals surface area contributed by atoms with Crippen molar-refractivity contribution in [2.24, 2.45) is 5.92 Å². The molecule has 0 radical (unpaired) electrons. The third-order valence-electron chi connectivity index (χ3n) is 8.13. The van der Waals surface area contributed by atoms with Crippen LogP contribution in [0.1, 0.15) is 66.6 Å². The summed E-state index contributed by atoms with van der Waals surface area (Å²) in [6.07, 6.45) is 6.38. The van der Waals surface area contributed by atoms with E-state index in [2.05, 4.69) is 51.5 Å². The molecule has 1 aliphatic heterocycles. The number of methoxy groups -OCH3 is 1. The largest absolute Gasteiger partial charge is 0.495 e. The first-order valence-corrected chi connectivity index (χ1v) is 14.3. The second kappa shape index (κ2) is 13.7. The highest BCUT2D eigenvalue weighted by atomic mass is 19.4. The smallest absolute Gasteiger partial charge is 0.419 e. The molecule has 1 aromatic heterocycles. The highest BCUT2D eigenvalue weighted by molar-refractivity contribution is 5.95. The molecule has 1 aromatic carbocycles. The zero-order chi connectivity index (χ0) is 29.6. The van der Waals surface area contributed by atoms with E-state index in [1.165, 1.54) is 19.6 Å². The number of nitrogens with zero attached hydrogens (tertiary/aromatic N) is 4. The van der Waals surface area contributed by atoms with Crippen LogP contribution in [0.5, 0.6) is 5.75 Å². The number of rotatable bonds is 9. The van der Waals surface area contributed by atoms with Crippen molar-refractivity contribution in [1.82, 2.24) is 25.1 Å². The van der Waals surface area contributed by atoms with Gasteiger partial charge in [-0.05, 0) is 96.5 Å². The van der Waals surface area contributed by atoms with Gasteiger partial charge in [-0.25, -0.2) is 9.97 Å². The van der Waals surface area contributed by atoms with E-state index in [9.17, 15) is 18.0 Å². The number of benzene rings is 1. The van der Waals surface area contributed by atoms with E-state index >= 15 is 0 Å². The van der Waals surface area contributed by atoms with Gasteiger partial charge in [-0.15, -0.1) is 0 Å². The second-order valence-electron chi connectivity index (χ2n) is 11.3. The van der Waals surface area contributed by atoms with E-state index in [1.807, 2.05) is 0 Å². The molecule has 11 heteroatoms. The molecule has 0 spiro atoms. The number of anilines is 2. The van der Waals surface area contributed by atoms with Crippen molar-refractivity contribution in [3.8, 4) is 5.75 Å². The molecule has 2 fully saturated rings. The van der Waals surface area contributed by atoms with Crippen molar-refractivity contribution < 1.29 is 22.7 Å². The third kappa shape index (κ3) is 8.19. The van der Waals surface area contributed by atoms with Crippen molar-refractivity contribution in [2.45, 2.75) is 63.2 Å². The molecule has 2 aromatic rings. The summed E-state index contributed by atoms with van der Waals surface area (Å²) < 4.78 is 46.8. The van der Waals surface area contributed by atoms with Gasteiger partial charge in [0.05, 0.1) is 24.1 Å². The van der Waals surface area contributed by atoms with Crippen LogP contribution >= 0.6 is 0 Å². The monoisotopic (exact) mass is 574 g/mol. The summed E-state index contributed by atoms with van der Waals surface area (Å²) in [5, 5.41) is 6.04. The Kier molecular flexibility index (Phi) is 10.2. The maximum Gasteiger partial charge on any atom is 0.419 e. The predicted molar refractivity (Wildman–Crippen MR) is 154 cm³/mol. The lowest BCUT2D eigenvalue weighted by Gasteiger charge is -2.35. The summed E-state index contributed by atoms with van der Waals surface area (Å²) in [5.74, 6) is 0.553. The number of alkyl halides is 3. The molecular formula is C30H41F3N6O2. The number of aromatic nitrogens is 2. The van der Waals surface area contributed by atoms with Crippen LogP contribution in [0, 0.1) is 5.92 Å². The van der Waals surface area contributed by atoms with Crippen LogP contribution in [-0.4, -0.2) is 79.1 Å². The summed E-state index contributed by atoms with van der Waals surface area (Å²) in [7, 11) is 7.64. The molecule has 1 aliphatic carbocycles. The second-order valence-corrected chi connectivity index (χ2v) is 11.3. The molecule has 1 saturated heterocycles. The standard InChI is InChI=1S/C30H41F3N6O2/c1-38(2)26-11-6-5-8-20(26)9-7-10-24-23(30(31,32)33)19-34-29(36-24)37-25-13-12-21(18-27(25)41-4)28(40)35-22-14-16-39(3)17-15-22/h7,10,12-13,18-20,22,26H,5-6,8-9,11,14-17H2,1-4H3,(H,35,40)(H,34,36,37). The van der Waals surface area contributed by atoms with Crippen LogP contribution in [0.2, 0.25) is 0 Å². The number of hydrogen-bond acceptors (Lipinski definition) is 7. The van der Waals surface area contributed by atoms with E-state index in [1.54, 1.807) is 24.3 Å². The first kappa shape index (κ1) is 30.8. The molecule has 2 aliphatic rings. The maximum atomic E-state index is 13.8. The van der Waals surface area contributed by atoms with Gasteiger partial charge in [0.1, 0.15) is 5.75 Å². The fourth-order valence-corrected chi connectivity index (χ4v) is 5.78. The Bertz CT molecular complexity index is 1210. The number of nitrogens with one attached hydrogen (secondary N) is 2. The molecule has 8 nitrogen and oxygen atoms in total. The summed E-state index contributed by atoms with van der Waals surface area (Å²) in [5.41, 5.74) is -0.212. The molecule has 1 amide bonds. The maximum absolute atomic E-state index is 13.8. The molecule has 41 heavy (non-hydrogen) atoms. The van der Waals surface area contributed by atoms with Gasteiger partial charge in [0.25, 0.3) is 5.91 Å². The fourth-order valence-electron chi connectivity index (χ4n) is 5.78. The van der Waals surface area contributed by atoms with Gasteiger partial charge < -0.3 is 25.2 Å². The molecule has 2 N–H and O–H groups in total. The van der Waals surface area contributed by atoms with Gasteiger partial charge in [-0.1, -0.05) is 18.9 Å². The number of likely N-dealkylation sites (tertiary alicyclic amines) is 1. The SMILES string of the molecule is COc1cc(C(=O)NC2CCN(C)CC2)ccc1Nc1ncc(C(F)(F)F)c(C=CCC2CCCCC2N(C)C)n1. The zero-order valence-electron chi connectivity index (χ0n) is 24.3. The lowest BCUT2D eigenvalue weighted by Crippen LogP contribution is -2.43. The highest BCUT2D eigenvalue weighted by Gasteiger charge is 2.34. The number of piperidine rings is 1. The summed E-state index contributed by atoms with van der Waals surface area (Å²) in [4.78, 5) is 25.4. The molecule has 1 saturated carbocycles. The third-order valence-corrected chi connectivity index (χ3v) is 8.13. The first-order chi connectivity index (χ1) is 19.5. The van der Waals surface area contributed by atoms with E-state index in [0.717, 1.165) is 51.4 Å². The summed E-state index contributed by atoms with van der Waals surface area (Å²) >= 11 is 0. The van der Waals surface area contributed by atoms with Crippen molar-refractivity contribution >= 4 is 23.6 Å². The van der Waals surface area contributed by atoms with E-state index in [0.29, 0.717) is 35.4 Å². The van der Waals surface area contributed by atoms with Crippen LogP contribution in [0.3, 0.4) is 0 Å². The molecule has 224 valence electrons. The number of amides is 1. The molecule has 4 rings (SSSR count). The lowest BCUT2D eigenvalue weighted by atomic mass is 9.82. The summed E-state index contributed by atoms with van der Waals surface area (Å²) in [6, 6.07) is 5.42.